The first kappa shape index (κ1) is 13.3. The predicted molar refractivity (Wildman–Crippen MR) is 71.6 cm³/mol. The van der Waals surface area contributed by atoms with Crippen molar-refractivity contribution in [3.8, 4) is 5.75 Å². The summed E-state index contributed by atoms with van der Waals surface area (Å²) in [5.41, 5.74) is 5.26. The van der Waals surface area contributed by atoms with Crippen molar-refractivity contribution in [2.75, 3.05) is 5.32 Å². The van der Waals surface area contributed by atoms with Crippen LogP contribution in [0.4, 0.5) is 5.69 Å². The molecule has 0 unspecified atom stereocenters. The lowest BCUT2D eigenvalue weighted by molar-refractivity contribution is 0.0998. The predicted octanol–water partition coefficient (Wildman–Crippen LogP) is 0.432. The fourth-order valence-corrected chi connectivity index (χ4v) is 1.56. The highest BCUT2D eigenvalue weighted by Crippen LogP contribution is 2.15. The lowest BCUT2D eigenvalue weighted by Gasteiger charge is -2.06. The molecule has 0 fully saturated rings. The van der Waals surface area contributed by atoms with E-state index in [0.717, 1.165) is 12.3 Å². The maximum Gasteiger partial charge on any atom is 0.260 e. The molecule has 5 N–H and O–H groups in total. The van der Waals surface area contributed by atoms with E-state index in [1.807, 2.05) is 0 Å². The number of nitrogens with two attached hydrogens (primary N) is 1. The minimum atomic E-state index is -0.592. The quantitative estimate of drug-likeness (QED) is 0.647. The topological polar surface area (TPSA) is 125 Å². The van der Waals surface area contributed by atoms with Crippen LogP contribution in [0.3, 0.4) is 0 Å². The number of carbonyl (C=O) groups excluding carboxylic acids is 2. The number of rotatable bonds is 3. The SMILES string of the molecule is NC(=O)c1ccc(NC(=O)c2c[nH]c(=O)cc2O)cc1. The van der Waals surface area contributed by atoms with Gasteiger partial charge in [-0.2, -0.15) is 0 Å². The average Bonchev–Trinajstić information content (AvgIpc) is 2.39. The molecule has 0 spiro atoms. The molecule has 0 bridgehead atoms. The number of hydrogen-bond acceptors (Lipinski definition) is 4. The Hall–Kier alpha value is -3.09. The molecule has 102 valence electrons. The van der Waals surface area contributed by atoms with Crippen molar-refractivity contribution in [2.45, 2.75) is 0 Å². The van der Waals surface area contributed by atoms with Crippen LogP contribution in [-0.2, 0) is 0 Å². The zero-order valence-corrected chi connectivity index (χ0v) is 10.2. The molecule has 1 heterocycles. The first-order valence-electron chi connectivity index (χ1n) is 5.60. The summed E-state index contributed by atoms with van der Waals surface area (Å²) in [6.07, 6.45) is 1.12. The second-order valence-corrected chi connectivity index (χ2v) is 3.99. The van der Waals surface area contributed by atoms with E-state index < -0.39 is 23.1 Å². The van der Waals surface area contributed by atoms with E-state index in [2.05, 4.69) is 10.3 Å². The van der Waals surface area contributed by atoms with Gasteiger partial charge in [0.2, 0.25) is 5.91 Å². The Morgan fingerprint density at radius 2 is 1.85 bits per heavy atom. The molecule has 1 aromatic carbocycles. The molecule has 0 saturated carbocycles. The van der Waals surface area contributed by atoms with Crippen LogP contribution in [0.2, 0.25) is 0 Å². The highest BCUT2D eigenvalue weighted by Gasteiger charge is 2.12. The monoisotopic (exact) mass is 273 g/mol. The van der Waals surface area contributed by atoms with E-state index in [0.29, 0.717) is 11.3 Å². The standard InChI is InChI=1S/C13H11N3O4/c14-12(19)7-1-3-8(4-2-7)16-13(20)9-6-15-11(18)5-10(9)17/h1-6H,(H2,14,19)(H,16,20)(H2,15,17,18). The Labute approximate surface area is 113 Å². The third-order valence-corrected chi connectivity index (χ3v) is 2.57. The molecule has 2 rings (SSSR count). The summed E-state index contributed by atoms with van der Waals surface area (Å²) in [6, 6.07) is 6.84. The second kappa shape index (κ2) is 5.27. The number of pyridine rings is 1. The Morgan fingerprint density at radius 1 is 1.20 bits per heavy atom. The Kier molecular flexibility index (Phi) is 3.52. The number of nitrogens with one attached hydrogen (secondary N) is 2. The summed E-state index contributed by atoms with van der Waals surface area (Å²) in [5, 5.41) is 12.0. The van der Waals surface area contributed by atoms with Crippen LogP contribution in [0.1, 0.15) is 20.7 Å². The van der Waals surface area contributed by atoms with Crippen molar-refractivity contribution in [1.29, 1.82) is 0 Å². The largest absolute Gasteiger partial charge is 0.507 e. The van der Waals surface area contributed by atoms with Crippen LogP contribution in [0, 0.1) is 0 Å². The maximum atomic E-state index is 11.9. The van der Waals surface area contributed by atoms with Gasteiger partial charge in [-0.25, -0.2) is 0 Å². The minimum absolute atomic E-state index is 0.0661. The van der Waals surface area contributed by atoms with Gasteiger partial charge >= 0.3 is 0 Å². The van der Waals surface area contributed by atoms with Crippen molar-refractivity contribution in [1.82, 2.24) is 4.98 Å². The lowest BCUT2D eigenvalue weighted by Crippen LogP contribution is -2.15. The van der Waals surface area contributed by atoms with Crippen LogP contribution < -0.4 is 16.6 Å². The van der Waals surface area contributed by atoms with Gasteiger partial charge in [0.15, 0.2) is 0 Å². The molecular weight excluding hydrogens is 262 g/mol. The number of aromatic nitrogens is 1. The van der Waals surface area contributed by atoms with Gasteiger partial charge in [0.1, 0.15) is 5.75 Å². The fourth-order valence-electron chi connectivity index (χ4n) is 1.56. The first-order valence-corrected chi connectivity index (χ1v) is 5.60. The van der Waals surface area contributed by atoms with Crippen molar-refractivity contribution in [3.63, 3.8) is 0 Å². The van der Waals surface area contributed by atoms with E-state index in [1.165, 1.54) is 24.3 Å². The van der Waals surface area contributed by atoms with Gasteiger partial charge in [0.25, 0.3) is 11.5 Å². The van der Waals surface area contributed by atoms with Gasteiger partial charge in [0, 0.05) is 23.5 Å². The highest BCUT2D eigenvalue weighted by atomic mass is 16.3. The van der Waals surface area contributed by atoms with Gasteiger partial charge in [0.05, 0.1) is 5.56 Å². The number of aromatic amines is 1. The zero-order valence-electron chi connectivity index (χ0n) is 10.2. The van der Waals surface area contributed by atoms with Gasteiger partial charge in [-0.1, -0.05) is 0 Å². The third kappa shape index (κ3) is 2.83. The average molecular weight is 273 g/mol. The van der Waals surface area contributed by atoms with Crippen LogP contribution in [-0.4, -0.2) is 21.9 Å². The molecule has 2 aromatic rings. The molecule has 0 aliphatic heterocycles. The van der Waals surface area contributed by atoms with E-state index in [4.69, 9.17) is 5.73 Å². The Bertz CT molecular complexity index is 719. The molecule has 2 amide bonds. The van der Waals surface area contributed by atoms with E-state index >= 15 is 0 Å². The summed E-state index contributed by atoms with van der Waals surface area (Å²) in [5.74, 6) is -1.58. The maximum absolute atomic E-state index is 11.9. The van der Waals surface area contributed by atoms with Gasteiger partial charge in [-0.3, -0.25) is 14.4 Å². The molecule has 0 atom stereocenters. The van der Waals surface area contributed by atoms with Crippen LogP contribution in [0.15, 0.2) is 41.3 Å². The molecular formula is C13H11N3O4. The summed E-state index contributed by atoms with van der Waals surface area (Å²) < 4.78 is 0. The number of anilines is 1. The Morgan fingerprint density at radius 3 is 2.40 bits per heavy atom. The number of carbonyl (C=O) groups is 2. The molecule has 7 nitrogen and oxygen atoms in total. The highest BCUT2D eigenvalue weighted by molar-refractivity contribution is 6.06. The molecule has 7 heteroatoms. The zero-order chi connectivity index (χ0) is 14.7. The molecule has 20 heavy (non-hydrogen) atoms. The molecule has 0 aliphatic carbocycles. The number of H-pyrrole nitrogens is 1. The smallest absolute Gasteiger partial charge is 0.260 e. The summed E-state index contributed by atoms with van der Waals surface area (Å²) in [6.45, 7) is 0. The van der Waals surface area contributed by atoms with Crippen molar-refractivity contribution >= 4 is 17.5 Å². The van der Waals surface area contributed by atoms with Gasteiger partial charge in [-0.15, -0.1) is 0 Å². The van der Waals surface area contributed by atoms with Crippen molar-refractivity contribution in [3.05, 3.63) is 58.0 Å². The van der Waals surface area contributed by atoms with E-state index in [-0.39, 0.29) is 5.56 Å². The van der Waals surface area contributed by atoms with Crippen LogP contribution in [0.25, 0.3) is 0 Å². The summed E-state index contributed by atoms with van der Waals surface area (Å²) in [4.78, 5) is 36.0. The minimum Gasteiger partial charge on any atom is -0.507 e. The molecule has 0 radical (unpaired) electrons. The molecule has 0 saturated heterocycles. The second-order valence-electron chi connectivity index (χ2n) is 3.99. The van der Waals surface area contributed by atoms with Crippen LogP contribution in [0.5, 0.6) is 5.75 Å². The van der Waals surface area contributed by atoms with Crippen LogP contribution >= 0.6 is 0 Å². The first-order chi connectivity index (χ1) is 9.47. The number of amides is 2. The van der Waals surface area contributed by atoms with E-state index in [9.17, 15) is 19.5 Å². The normalized spacial score (nSPS) is 10.0. The van der Waals surface area contributed by atoms with Gasteiger partial charge in [-0.05, 0) is 24.3 Å². The molecule has 0 aliphatic rings. The third-order valence-electron chi connectivity index (χ3n) is 2.57. The van der Waals surface area contributed by atoms with Crippen molar-refractivity contribution in [2.24, 2.45) is 5.73 Å². The number of benzene rings is 1. The number of primary amides is 1. The summed E-state index contributed by atoms with van der Waals surface area (Å²) in [7, 11) is 0. The van der Waals surface area contributed by atoms with Crippen molar-refractivity contribution < 1.29 is 14.7 Å². The number of hydrogen-bond donors (Lipinski definition) is 4. The number of aromatic hydroxyl groups is 1. The summed E-state index contributed by atoms with van der Waals surface area (Å²) >= 11 is 0. The fraction of sp³-hybridized carbons (Fsp3) is 0. The molecule has 1 aromatic heterocycles. The van der Waals surface area contributed by atoms with E-state index in [1.54, 1.807) is 0 Å². The van der Waals surface area contributed by atoms with Gasteiger partial charge < -0.3 is 21.1 Å². The lowest BCUT2D eigenvalue weighted by atomic mass is 10.2. The Balaban J connectivity index is 2.19.